The summed E-state index contributed by atoms with van der Waals surface area (Å²) in [5.74, 6) is -2.82. The van der Waals surface area contributed by atoms with Gasteiger partial charge in [0.1, 0.15) is 6.04 Å². The lowest BCUT2D eigenvalue weighted by atomic mass is 9.81. The molecule has 0 unspecified atom stereocenters. The largest absolute Gasteiger partial charge is 0.344 e. The van der Waals surface area contributed by atoms with Crippen molar-refractivity contribution in [3.05, 3.63) is 84.4 Å². The van der Waals surface area contributed by atoms with Gasteiger partial charge in [-0.2, -0.15) is 0 Å². The second-order valence-electron chi connectivity index (χ2n) is 11.8. The number of benzene rings is 2. The van der Waals surface area contributed by atoms with E-state index in [0.717, 1.165) is 43.2 Å². The van der Waals surface area contributed by atoms with E-state index in [-0.39, 0.29) is 18.2 Å². The van der Waals surface area contributed by atoms with Crippen LogP contribution in [0.1, 0.15) is 96.2 Å². The summed E-state index contributed by atoms with van der Waals surface area (Å²) in [7, 11) is 0. The maximum atomic E-state index is 13.9. The molecule has 7 nitrogen and oxygen atoms in total. The Labute approximate surface area is 246 Å². The van der Waals surface area contributed by atoms with Crippen molar-refractivity contribution in [3.63, 3.8) is 0 Å². The monoisotopic (exact) mass is 563 g/mol. The molecule has 0 fully saturated rings. The van der Waals surface area contributed by atoms with E-state index >= 15 is 0 Å². The van der Waals surface area contributed by atoms with E-state index in [1.54, 1.807) is 11.6 Å². The van der Waals surface area contributed by atoms with Gasteiger partial charge in [-0.25, -0.2) is 5.48 Å². The van der Waals surface area contributed by atoms with Gasteiger partial charge in [0.2, 0.25) is 17.7 Å². The van der Waals surface area contributed by atoms with Crippen LogP contribution >= 0.6 is 0 Å². The van der Waals surface area contributed by atoms with Crippen LogP contribution in [0.5, 0.6) is 0 Å². The van der Waals surface area contributed by atoms with Crippen LogP contribution in [0.2, 0.25) is 0 Å². The normalized spacial score (nSPS) is 13.6. The molecule has 0 bridgehead atoms. The van der Waals surface area contributed by atoms with Crippen molar-refractivity contribution in [2.45, 2.75) is 91.1 Å². The van der Waals surface area contributed by atoms with Gasteiger partial charge in [0, 0.05) is 5.92 Å². The quantitative estimate of drug-likeness (QED) is 0.0764. The summed E-state index contributed by atoms with van der Waals surface area (Å²) in [6.07, 6.45) is 8.52. The van der Waals surface area contributed by atoms with Gasteiger partial charge < -0.3 is 10.6 Å². The number of amides is 3. The molecule has 41 heavy (non-hydrogen) atoms. The minimum atomic E-state index is -0.862. The Balaban J connectivity index is 2.31. The highest BCUT2D eigenvalue weighted by molar-refractivity contribution is 5.92. The van der Waals surface area contributed by atoms with E-state index < -0.39 is 35.2 Å². The third-order valence-electron chi connectivity index (χ3n) is 7.53. The zero-order valence-corrected chi connectivity index (χ0v) is 25.2. The second kappa shape index (κ2) is 17.4. The average molecular weight is 564 g/mol. The van der Waals surface area contributed by atoms with Crippen LogP contribution in [0.3, 0.4) is 0 Å². The van der Waals surface area contributed by atoms with Crippen molar-refractivity contribution in [3.8, 4) is 0 Å². The molecule has 0 heterocycles. The summed E-state index contributed by atoms with van der Waals surface area (Å²) in [6.45, 7) is 11.6. The SMILES string of the molecule is C=CC[C@H](C(=O)NO)[C@@H](CCCCCCCC)C(=O)N[C@H](C(=O)NC(c1ccccc1)c1ccccc1)C(C)(C)C. The third kappa shape index (κ3) is 10.8. The molecule has 0 saturated heterocycles. The Hall–Kier alpha value is -3.45. The van der Waals surface area contributed by atoms with Crippen LogP contribution in [0, 0.1) is 17.3 Å². The molecule has 2 aromatic rings. The van der Waals surface area contributed by atoms with E-state index in [1.807, 2.05) is 81.4 Å². The fourth-order valence-corrected chi connectivity index (χ4v) is 5.18. The fraction of sp³-hybridized carbons (Fsp3) is 0.500. The van der Waals surface area contributed by atoms with E-state index in [0.29, 0.717) is 6.42 Å². The van der Waals surface area contributed by atoms with Crippen molar-refractivity contribution >= 4 is 17.7 Å². The Morgan fingerprint density at radius 2 is 1.32 bits per heavy atom. The molecule has 0 aliphatic carbocycles. The topological polar surface area (TPSA) is 108 Å². The molecule has 2 rings (SSSR count). The number of carbonyl (C=O) groups is 3. The predicted octanol–water partition coefficient (Wildman–Crippen LogP) is 6.49. The van der Waals surface area contributed by atoms with Crippen molar-refractivity contribution in [1.82, 2.24) is 16.1 Å². The van der Waals surface area contributed by atoms with Gasteiger partial charge in [-0.05, 0) is 29.4 Å². The average Bonchev–Trinajstić information content (AvgIpc) is 2.97. The predicted molar refractivity (Wildman–Crippen MR) is 164 cm³/mol. The molecule has 0 spiro atoms. The molecular weight excluding hydrogens is 514 g/mol. The molecule has 3 amide bonds. The molecule has 224 valence electrons. The van der Waals surface area contributed by atoms with Gasteiger partial charge in [-0.3, -0.25) is 19.6 Å². The van der Waals surface area contributed by atoms with Gasteiger partial charge in [-0.15, -0.1) is 6.58 Å². The molecule has 0 aromatic heterocycles. The smallest absolute Gasteiger partial charge is 0.247 e. The maximum Gasteiger partial charge on any atom is 0.247 e. The second-order valence-corrected chi connectivity index (χ2v) is 11.8. The minimum Gasteiger partial charge on any atom is -0.344 e. The maximum absolute atomic E-state index is 13.9. The molecule has 2 aromatic carbocycles. The van der Waals surface area contributed by atoms with Crippen molar-refractivity contribution < 1.29 is 19.6 Å². The molecular formula is C34H49N3O4. The number of rotatable bonds is 17. The van der Waals surface area contributed by atoms with Gasteiger partial charge in [0.25, 0.3) is 0 Å². The van der Waals surface area contributed by atoms with Crippen LogP contribution in [0.4, 0.5) is 0 Å². The highest BCUT2D eigenvalue weighted by atomic mass is 16.5. The summed E-state index contributed by atoms with van der Waals surface area (Å²) in [5.41, 5.74) is 2.97. The summed E-state index contributed by atoms with van der Waals surface area (Å²) in [6, 6.07) is 18.2. The summed E-state index contributed by atoms with van der Waals surface area (Å²) >= 11 is 0. The Kier molecular flexibility index (Phi) is 14.3. The molecule has 3 atom stereocenters. The highest BCUT2D eigenvalue weighted by Crippen LogP contribution is 2.28. The van der Waals surface area contributed by atoms with Crippen molar-refractivity contribution in [2.24, 2.45) is 17.3 Å². The van der Waals surface area contributed by atoms with Crippen LogP contribution in [-0.4, -0.2) is 29.0 Å². The molecule has 0 saturated carbocycles. The van der Waals surface area contributed by atoms with E-state index in [1.165, 1.54) is 6.42 Å². The van der Waals surface area contributed by atoms with E-state index in [4.69, 9.17) is 0 Å². The molecule has 0 aliphatic heterocycles. The minimum absolute atomic E-state index is 0.233. The van der Waals surface area contributed by atoms with Crippen LogP contribution in [0.15, 0.2) is 73.3 Å². The third-order valence-corrected chi connectivity index (χ3v) is 7.53. The molecule has 0 aliphatic rings. The lowest BCUT2D eigenvalue weighted by molar-refractivity contribution is -0.142. The summed E-state index contributed by atoms with van der Waals surface area (Å²) in [4.78, 5) is 40.4. The van der Waals surface area contributed by atoms with Gasteiger partial charge in [0.05, 0.1) is 12.0 Å². The highest BCUT2D eigenvalue weighted by Gasteiger charge is 2.39. The number of unbranched alkanes of at least 4 members (excludes halogenated alkanes) is 5. The number of hydrogen-bond donors (Lipinski definition) is 4. The molecule has 4 N–H and O–H groups in total. The van der Waals surface area contributed by atoms with Gasteiger partial charge in [-0.1, -0.05) is 133 Å². The Morgan fingerprint density at radius 1 is 0.780 bits per heavy atom. The van der Waals surface area contributed by atoms with E-state index in [9.17, 15) is 19.6 Å². The fourth-order valence-electron chi connectivity index (χ4n) is 5.18. The zero-order valence-electron chi connectivity index (χ0n) is 25.2. The first kappa shape index (κ1) is 33.8. The lowest BCUT2D eigenvalue weighted by Gasteiger charge is -2.34. The summed E-state index contributed by atoms with van der Waals surface area (Å²) < 4.78 is 0. The van der Waals surface area contributed by atoms with Crippen molar-refractivity contribution in [2.75, 3.05) is 0 Å². The number of hydroxylamine groups is 1. The van der Waals surface area contributed by atoms with Crippen LogP contribution in [0.25, 0.3) is 0 Å². The standard InChI is InChI=1S/C34H49N3O4/c1-6-8-9-10-11-18-24-28(27(19-7-2)32(39)37-41)31(38)36-30(34(3,4)5)33(40)35-29(25-20-14-12-15-21-25)26-22-16-13-17-23-26/h7,12-17,20-23,27-30,41H,2,6,8-11,18-19,24H2,1,3-5H3,(H,35,40)(H,36,38)(H,37,39)/t27-,28+,30+/m0/s1. The zero-order chi connectivity index (χ0) is 30.3. The number of hydrogen-bond acceptors (Lipinski definition) is 4. The van der Waals surface area contributed by atoms with Gasteiger partial charge in [0.15, 0.2) is 0 Å². The van der Waals surface area contributed by atoms with E-state index in [2.05, 4.69) is 24.1 Å². The number of allylic oxidation sites excluding steroid dienone is 1. The van der Waals surface area contributed by atoms with Crippen molar-refractivity contribution in [1.29, 1.82) is 0 Å². The Bertz CT molecular complexity index is 1040. The first-order valence-electron chi connectivity index (χ1n) is 14.9. The molecule has 7 heteroatoms. The first-order chi connectivity index (χ1) is 19.6. The molecule has 0 radical (unpaired) electrons. The van der Waals surface area contributed by atoms with Crippen LogP contribution in [-0.2, 0) is 14.4 Å². The number of carbonyl (C=O) groups excluding carboxylic acids is 3. The van der Waals surface area contributed by atoms with Gasteiger partial charge >= 0.3 is 0 Å². The lowest BCUT2D eigenvalue weighted by Crippen LogP contribution is -2.56. The van der Waals surface area contributed by atoms with Crippen LogP contribution < -0.4 is 16.1 Å². The Morgan fingerprint density at radius 3 is 1.80 bits per heavy atom. The first-order valence-corrected chi connectivity index (χ1v) is 14.9. The number of nitrogens with one attached hydrogen (secondary N) is 3. The summed E-state index contributed by atoms with van der Waals surface area (Å²) in [5, 5.41) is 15.6.